The van der Waals surface area contributed by atoms with Crippen LogP contribution in [-0.4, -0.2) is 22.0 Å². The fraction of sp³-hybridized carbons (Fsp3) is 0.0294. The summed E-state index contributed by atoms with van der Waals surface area (Å²) in [6.45, 7) is 0.207. The predicted molar refractivity (Wildman–Crippen MR) is 174 cm³/mol. The monoisotopic (exact) mass is 599 g/mol. The number of hydrogen-bond donors (Lipinski definition) is 2. The quantitative estimate of drug-likeness (QED) is 0.0937. The third-order valence-corrected chi connectivity index (χ3v) is 7.56. The van der Waals surface area contributed by atoms with E-state index in [0.29, 0.717) is 16.9 Å². The number of nitrogens with one attached hydrogen (secondary N) is 2. The molecule has 0 aliphatic rings. The number of thiazole rings is 1. The normalized spacial score (nSPS) is 11.0. The summed E-state index contributed by atoms with van der Waals surface area (Å²) in [5, 5.41) is 23.1. The Hall–Kier alpha value is -5.87. The molecule has 0 saturated carbocycles. The number of nitrogens with zero attached hydrogens (tertiary/aromatic N) is 3. The van der Waals surface area contributed by atoms with Gasteiger partial charge in [-0.15, -0.1) is 11.3 Å². The van der Waals surface area contributed by atoms with Crippen molar-refractivity contribution in [3.05, 3.63) is 147 Å². The number of hydrazone groups is 1. The van der Waals surface area contributed by atoms with Gasteiger partial charge in [0.15, 0.2) is 5.13 Å². The molecule has 10 heteroatoms. The summed E-state index contributed by atoms with van der Waals surface area (Å²) in [6.07, 6.45) is 1.57. The lowest BCUT2D eigenvalue weighted by Gasteiger charge is -2.12. The Kier molecular flexibility index (Phi) is 8.33. The van der Waals surface area contributed by atoms with Crippen molar-refractivity contribution in [1.82, 2.24) is 10.4 Å². The summed E-state index contributed by atoms with van der Waals surface area (Å²) in [5.41, 5.74) is 7.24. The first-order valence-electron chi connectivity index (χ1n) is 13.6. The number of non-ortho nitro benzene ring substituents is 1. The largest absolute Gasteiger partial charge is 0.488 e. The number of anilines is 2. The smallest absolute Gasteiger partial charge is 0.271 e. The fourth-order valence-corrected chi connectivity index (χ4v) is 5.27. The van der Waals surface area contributed by atoms with Crippen molar-refractivity contribution in [3.8, 4) is 17.0 Å². The van der Waals surface area contributed by atoms with E-state index < -0.39 is 4.92 Å². The lowest BCUT2D eigenvalue weighted by Crippen LogP contribution is -2.17. The third kappa shape index (κ3) is 6.61. The first-order chi connectivity index (χ1) is 21.5. The fourth-order valence-electron chi connectivity index (χ4n) is 4.53. The molecule has 5 aromatic carbocycles. The van der Waals surface area contributed by atoms with Gasteiger partial charge in [-0.05, 0) is 58.8 Å². The molecule has 1 heterocycles. The predicted octanol–water partition coefficient (Wildman–Crippen LogP) is 7.96. The minimum Gasteiger partial charge on any atom is -0.488 e. The van der Waals surface area contributed by atoms with Crippen molar-refractivity contribution in [2.75, 3.05) is 5.32 Å². The van der Waals surface area contributed by atoms with Crippen LogP contribution in [0.4, 0.5) is 16.5 Å². The molecule has 0 saturated heterocycles. The molecule has 1 aromatic heterocycles. The maximum atomic E-state index is 12.9. The molecule has 0 aliphatic carbocycles. The Morgan fingerprint density at radius 3 is 2.43 bits per heavy atom. The van der Waals surface area contributed by atoms with Crippen LogP contribution in [0.5, 0.6) is 5.75 Å². The van der Waals surface area contributed by atoms with Gasteiger partial charge in [0.25, 0.3) is 11.6 Å². The summed E-state index contributed by atoms with van der Waals surface area (Å²) in [7, 11) is 0. The molecule has 1 amide bonds. The van der Waals surface area contributed by atoms with Gasteiger partial charge in [-0.1, -0.05) is 60.7 Å². The van der Waals surface area contributed by atoms with Crippen LogP contribution in [0.25, 0.3) is 22.0 Å². The lowest BCUT2D eigenvalue weighted by molar-refractivity contribution is -0.384. The summed E-state index contributed by atoms with van der Waals surface area (Å²) >= 11 is 1.51. The van der Waals surface area contributed by atoms with Gasteiger partial charge in [0, 0.05) is 39.9 Å². The van der Waals surface area contributed by atoms with Gasteiger partial charge in [0.2, 0.25) is 0 Å². The molecule has 216 valence electrons. The molecular formula is C34H25N5O4S. The zero-order valence-corrected chi connectivity index (χ0v) is 24.0. The number of amides is 1. The molecule has 6 rings (SSSR count). The lowest BCUT2D eigenvalue weighted by atomic mass is 10.0. The highest BCUT2D eigenvalue weighted by Crippen LogP contribution is 2.29. The molecule has 6 aromatic rings. The van der Waals surface area contributed by atoms with E-state index in [1.807, 2.05) is 84.2 Å². The number of rotatable bonds is 10. The molecule has 0 atom stereocenters. The van der Waals surface area contributed by atoms with Crippen LogP contribution < -0.4 is 15.5 Å². The summed E-state index contributed by atoms with van der Waals surface area (Å²) in [5.74, 6) is 0.208. The van der Waals surface area contributed by atoms with Crippen LogP contribution in [-0.2, 0) is 6.61 Å². The average molecular weight is 600 g/mol. The van der Waals surface area contributed by atoms with Crippen molar-refractivity contribution in [1.29, 1.82) is 0 Å². The standard InChI is InChI=1S/C34H25N5O4S/c40-33(26-14-12-25(13-15-26)31-22-44-34(37-31)36-27-7-2-1-3-8-27)38-35-20-30-29-9-5-4-6-24(29)16-19-32(30)43-21-23-10-17-28(18-11-23)39(41)42/h1-20,22H,21H2,(H,36,37)(H,38,40)/b35-20-. The number of benzene rings is 5. The molecule has 0 aliphatic heterocycles. The van der Waals surface area contributed by atoms with Crippen molar-refractivity contribution in [2.45, 2.75) is 6.61 Å². The number of ether oxygens (including phenoxy) is 1. The SMILES string of the molecule is O=C(N/N=C\c1c(OCc2ccc([N+](=O)[O-])cc2)ccc2ccccc12)c1ccc(-c2csc(Nc3ccccc3)n2)cc1. The zero-order chi connectivity index (χ0) is 30.3. The number of fused-ring (bicyclic) bond motifs is 1. The number of nitro benzene ring substituents is 1. The van der Waals surface area contributed by atoms with E-state index in [9.17, 15) is 14.9 Å². The van der Waals surface area contributed by atoms with Crippen LogP contribution in [0.15, 0.2) is 126 Å². The zero-order valence-electron chi connectivity index (χ0n) is 23.2. The Morgan fingerprint density at radius 2 is 1.66 bits per heavy atom. The van der Waals surface area contributed by atoms with E-state index >= 15 is 0 Å². The number of aromatic nitrogens is 1. The number of hydrogen-bond acceptors (Lipinski definition) is 8. The number of nitro groups is 1. The van der Waals surface area contributed by atoms with Gasteiger partial charge in [-0.25, -0.2) is 10.4 Å². The molecule has 2 N–H and O–H groups in total. The summed E-state index contributed by atoms with van der Waals surface area (Å²) < 4.78 is 6.08. The number of carbonyl (C=O) groups excluding carboxylic acids is 1. The highest BCUT2D eigenvalue weighted by molar-refractivity contribution is 7.14. The van der Waals surface area contributed by atoms with Gasteiger partial charge in [0.05, 0.1) is 16.8 Å². The van der Waals surface area contributed by atoms with Crippen LogP contribution in [0.3, 0.4) is 0 Å². The van der Waals surface area contributed by atoms with E-state index in [1.165, 1.54) is 23.5 Å². The first kappa shape index (κ1) is 28.3. The van der Waals surface area contributed by atoms with E-state index in [2.05, 4.69) is 20.8 Å². The molecule has 0 spiro atoms. The van der Waals surface area contributed by atoms with Crippen LogP contribution in [0, 0.1) is 10.1 Å². The van der Waals surface area contributed by atoms with Crippen molar-refractivity contribution < 1.29 is 14.5 Å². The molecule has 0 radical (unpaired) electrons. The highest BCUT2D eigenvalue weighted by Gasteiger charge is 2.11. The van der Waals surface area contributed by atoms with E-state index in [0.717, 1.165) is 38.4 Å². The Bertz CT molecular complexity index is 1960. The van der Waals surface area contributed by atoms with E-state index in [-0.39, 0.29) is 18.2 Å². The molecule has 0 fully saturated rings. The van der Waals surface area contributed by atoms with Crippen molar-refractivity contribution >= 4 is 50.7 Å². The highest BCUT2D eigenvalue weighted by atomic mass is 32.1. The summed E-state index contributed by atoms with van der Waals surface area (Å²) in [6, 6.07) is 34.8. The maximum Gasteiger partial charge on any atom is 0.271 e. The Balaban J connectivity index is 1.13. The number of carbonyl (C=O) groups is 1. The summed E-state index contributed by atoms with van der Waals surface area (Å²) in [4.78, 5) is 28.1. The topological polar surface area (TPSA) is 119 Å². The van der Waals surface area contributed by atoms with Crippen LogP contribution >= 0.6 is 11.3 Å². The second kappa shape index (κ2) is 13.0. The van der Waals surface area contributed by atoms with E-state index in [4.69, 9.17) is 4.74 Å². The van der Waals surface area contributed by atoms with Gasteiger partial charge in [-0.2, -0.15) is 5.10 Å². The average Bonchev–Trinajstić information content (AvgIpc) is 3.53. The van der Waals surface area contributed by atoms with Crippen LogP contribution in [0.1, 0.15) is 21.5 Å². The Labute approximate surface area is 256 Å². The van der Waals surface area contributed by atoms with Crippen LogP contribution in [0.2, 0.25) is 0 Å². The van der Waals surface area contributed by atoms with Crippen molar-refractivity contribution in [2.24, 2.45) is 5.10 Å². The minimum atomic E-state index is -0.438. The van der Waals surface area contributed by atoms with Gasteiger partial charge < -0.3 is 10.1 Å². The molecule has 9 nitrogen and oxygen atoms in total. The molecule has 0 unspecified atom stereocenters. The first-order valence-corrected chi connectivity index (χ1v) is 14.5. The minimum absolute atomic E-state index is 0.0195. The van der Waals surface area contributed by atoms with Gasteiger partial charge in [-0.3, -0.25) is 14.9 Å². The maximum absolute atomic E-state index is 12.9. The van der Waals surface area contributed by atoms with Crippen molar-refractivity contribution in [3.63, 3.8) is 0 Å². The molecular weight excluding hydrogens is 574 g/mol. The molecule has 0 bridgehead atoms. The van der Waals surface area contributed by atoms with E-state index in [1.54, 1.807) is 30.5 Å². The molecule has 44 heavy (non-hydrogen) atoms. The number of para-hydroxylation sites is 1. The second-order valence-corrected chi connectivity index (χ2v) is 10.6. The third-order valence-electron chi connectivity index (χ3n) is 6.80. The Morgan fingerprint density at radius 1 is 0.909 bits per heavy atom. The van der Waals surface area contributed by atoms with Gasteiger partial charge >= 0.3 is 0 Å². The second-order valence-electron chi connectivity index (χ2n) is 9.72. The van der Waals surface area contributed by atoms with Gasteiger partial charge in [0.1, 0.15) is 12.4 Å².